The van der Waals surface area contributed by atoms with Crippen molar-refractivity contribution in [3.05, 3.63) is 59.7 Å². The average molecular weight is 218 g/mol. The van der Waals surface area contributed by atoms with E-state index in [1.165, 1.54) is 12.3 Å². The average Bonchev–Trinajstić information content (AvgIpc) is 2.29. The van der Waals surface area contributed by atoms with Crippen LogP contribution in [-0.4, -0.2) is 10.1 Å². The van der Waals surface area contributed by atoms with Gasteiger partial charge in [-0.2, -0.15) is 0 Å². The van der Waals surface area contributed by atoms with E-state index in [0.29, 0.717) is 16.8 Å². The van der Waals surface area contributed by atoms with Crippen molar-refractivity contribution in [2.75, 3.05) is 5.73 Å². The number of halogens is 1. The molecule has 3 N–H and O–H groups in total. The molecule has 0 aliphatic rings. The molecule has 4 heteroatoms. The van der Waals surface area contributed by atoms with E-state index in [9.17, 15) is 9.50 Å². The van der Waals surface area contributed by atoms with Crippen LogP contribution in [0.15, 0.2) is 42.7 Å². The Bertz CT molecular complexity index is 502. The predicted molar refractivity (Wildman–Crippen MR) is 59.1 cm³/mol. The Morgan fingerprint density at radius 2 is 2.00 bits per heavy atom. The van der Waals surface area contributed by atoms with Gasteiger partial charge >= 0.3 is 0 Å². The number of pyridine rings is 1. The Labute approximate surface area is 92.4 Å². The number of nitrogen functional groups attached to an aromatic ring is 1. The molecule has 0 fully saturated rings. The fraction of sp³-hybridized carbons (Fsp3) is 0.0833. The highest BCUT2D eigenvalue weighted by atomic mass is 19.1. The van der Waals surface area contributed by atoms with Gasteiger partial charge in [0.05, 0.1) is 6.20 Å². The molecule has 2 rings (SSSR count). The van der Waals surface area contributed by atoms with Gasteiger partial charge in [-0.15, -0.1) is 0 Å². The molecule has 82 valence electrons. The summed E-state index contributed by atoms with van der Waals surface area (Å²) < 4.78 is 12.9. The lowest BCUT2D eigenvalue weighted by molar-refractivity contribution is 0.220. The van der Waals surface area contributed by atoms with Gasteiger partial charge < -0.3 is 10.8 Å². The summed E-state index contributed by atoms with van der Waals surface area (Å²) in [7, 11) is 0. The maximum absolute atomic E-state index is 12.9. The smallest absolute Gasteiger partial charge is 0.141 e. The number of aromatic nitrogens is 1. The molecule has 0 spiro atoms. The molecule has 0 aliphatic carbocycles. The number of benzene rings is 1. The Hall–Kier alpha value is -1.94. The number of hydrogen-bond acceptors (Lipinski definition) is 3. The van der Waals surface area contributed by atoms with E-state index in [1.54, 1.807) is 24.3 Å². The van der Waals surface area contributed by atoms with Crippen molar-refractivity contribution in [1.82, 2.24) is 4.98 Å². The fourth-order valence-electron chi connectivity index (χ4n) is 1.52. The molecular weight excluding hydrogens is 207 g/mol. The minimum Gasteiger partial charge on any atom is -0.398 e. The molecule has 16 heavy (non-hydrogen) atoms. The van der Waals surface area contributed by atoms with E-state index in [4.69, 9.17) is 5.73 Å². The number of aliphatic hydroxyl groups excluding tert-OH is 1. The van der Waals surface area contributed by atoms with Crippen molar-refractivity contribution in [2.24, 2.45) is 0 Å². The Balaban J connectivity index is 2.39. The summed E-state index contributed by atoms with van der Waals surface area (Å²) in [6, 6.07) is 8.16. The Morgan fingerprint density at radius 3 is 2.69 bits per heavy atom. The van der Waals surface area contributed by atoms with Crippen LogP contribution < -0.4 is 5.73 Å². The normalized spacial score (nSPS) is 12.4. The quantitative estimate of drug-likeness (QED) is 0.757. The summed E-state index contributed by atoms with van der Waals surface area (Å²) in [5.74, 6) is -0.481. The molecule has 1 aromatic heterocycles. The summed E-state index contributed by atoms with van der Waals surface area (Å²) in [4.78, 5) is 3.68. The lowest BCUT2D eigenvalue weighted by atomic mass is 10.0. The Kier molecular flexibility index (Phi) is 2.83. The van der Waals surface area contributed by atoms with E-state index >= 15 is 0 Å². The number of hydrogen-bond donors (Lipinski definition) is 2. The number of nitrogens with zero attached hydrogens (tertiary/aromatic N) is 1. The van der Waals surface area contributed by atoms with Crippen LogP contribution in [0.1, 0.15) is 17.2 Å². The topological polar surface area (TPSA) is 59.1 Å². The summed E-state index contributed by atoms with van der Waals surface area (Å²) in [5, 5.41) is 10.0. The SMILES string of the molecule is Nc1ccccc1C(O)c1cncc(F)c1. The van der Waals surface area contributed by atoms with Crippen LogP contribution in [0, 0.1) is 5.82 Å². The van der Waals surface area contributed by atoms with Crippen LogP contribution in [0.5, 0.6) is 0 Å². The van der Waals surface area contributed by atoms with Gasteiger partial charge in [-0.1, -0.05) is 18.2 Å². The van der Waals surface area contributed by atoms with Gasteiger partial charge in [-0.25, -0.2) is 4.39 Å². The molecule has 0 saturated heterocycles. The number of anilines is 1. The molecular formula is C12H11FN2O. The van der Waals surface area contributed by atoms with E-state index in [2.05, 4.69) is 4.98 Å². The number of aliphatic hydroxyl groups is 1. The molecule has 0 radical (unpaired) electrons. The second-order valence-electron chi connectivity index (χ2n) is 3.47. The van der Waals surface area contributed by atoms with E-state index in [1.807, 2.05) is 0 Å². The second-order valence-corrected chi connectivity index (χ2v) is 3.47. The monoisotopic (exact) mass is 218 g/mol. The third-order valence-corrected chi connectivity index (χ3v) is 2.33. The number of para-hydroxylation sites is 1. The molecule has 0 amide bonds. The highest BCUT2D eigenvalue weighted by Crippen LogP contribution is 2.25. The summed E-state index contributed by atoms with van der Waals surface area (Å²) in [6.07, 6.45) is 1.55. The standard InChI is InChI=1S/C12H11FN2O/c13-9-5-8(6-15-7-9)12(16)10-3-1-2-4-11(10)14/h1-7,12,16H,14H2. The molecule has 1 atom stereocenters. The molecule has 1 heterocycles. The summed E-state index contributed by atoms with van der Waals surface area (Å²) in [6.45, 7) is 0. The number of nitrogens with two attached hydrogens (primary N) is 1. The van der Waals surface area contributed by atoms with Crippen molar-refractivity contribution < 1.29 is 9.50 Å². The van der Waals surface area contributed by atoms with Gasteiger partial charge in [0, 0.05) is 23.0 Å². The van der Waals surface area contributed by atoms with Crippen molar-refractivity contribution in [2.45, 2.75) is 6.10 Å². The minimum absolute atomic E-state index is 0.387. The van der Waals surface area contributed by atoms with E-state index in [-0.39, 0.29) is 0 Å². The van der Waals surface area contributed by atoms with Crippen LogP contribution >= 0.6 is 0 Å². The van der Waals surface area contributed by atoms with Gasteiger partial charge in [0.2, 0.25) is 0 Å². The molecule has 0 saturated carbocycles. The highest BCUT2D eigenvalue weighted by Gasteiger charge is 2.13. The van der Waals surface area contributed by atoms with Gasteiger partial charge in [0.15, 0.2) is 0 Å². The van der Waals surface area contributed by atoms with Gasteiger partial charge in [0.1, 0.15) is 11.9 Å². The van der Waals surface area contributed by atoms with Crippen molar-refractivity contribution in [3.8, 4) is 0 Å². The third-order valence-electron chi connectivity index (χ3n) is 2.33. The van der Waals surface area contributed by atoms with Gasteiger partial charge in [0.25, 0.3) is 0 Å². The Morgan fingerprint density at radius 1 is 1.25 bits per heavy atom. The van der Waals surface area contributed by atoms with Gasteiger partial charge in [-0.05, 0) is 12.1 Å². The van der Waals surface area contributed by atoms with E-state index < -0.39 is 11.9 Å². The first kappa shape index (κ1) is 10.6. The lowest BCUT2D eigenvalue weighted by Gasteiger charge is -2.13. The highest BCUT2D eigenvalue weighted by molar-refractivity contribution is 5.50. The first-order valence-electron chi connectivity index (χ1n) is 4.81. The van der Waals surface area contributed by atoms with Crippen LogP contribution in [0.4, 0.5) is 10.1 Å². The zero-order valence-corrected chi connectivity index (χ0v) is 8.47. The fourth-order valence-corrected chi connectivity index (χ4v) is 1.52. The van der Waals surface area contributed by atoms with E-state index in [0.717, 1.165) is 6.20 Å². The van der Waals surface area contributed by atoms with Crippen LogP contribution in [0.25, 0.3) is 0 Å². The first-order chi connectivity index (χ1) is 7.68. The molecule has 1 aromatic carbocycles. The molecule has 3 nitrogen and oxygen atoms in total. The van der Waals surface area contributed by atoms with Crippen LogP contribution in [0.2, 0.25) is 0 Å². The molecule has 2 aromatic rings. The predicted octanol–water partition coefficient (Wildman–Crippen LogP) is 1.88. The summed E-state index contributed by atoms with van der Waals surface area (Å²) >= 11 is 0. The van der Waals surface area contributed by atoms with Crippen molar-refractivity contribution in [1.29, 1.82) is 0 Å². The third kappa shape index (κ3) is 2.01. The minimum atomic E-state index is -0.954. The maximum Gasteiger partial charge on any atom is 0.141 e. The zero-order chi connectivity index (χ0) is 11.5. The largest absolute Gasteiger partial charge is 0.398 e. The van der Waals surface area contributed by atoms with Gasteiger partial charge in [-0.3, -0.25) is 4.98 Å². The van der Waals surface area contributed by atoms with Crippen LogP contribution in [0.3, 0.4) is 0 Å². The second kappa shape index (κ2) is 4.28. The zero-order valence-electron chi connectivity index (χ0n) is 8.47. The molecule has 0 bridgehead atoms. The number of rotatable bonds is 2. The first-order valence-corrected chi connectivity index (χ1v) is 4.81. The molecule has 1 unspecified atom stereocenters. The maximum atomic E-state index is 12.9. The van der Waals surface area contributed by atoms with Crippen LogP contribution in [-0.2, 0) is 0 Å². The lowest BCUT2D eigenvalue weighted by Crippen LogP contribution is -2.04. The summed E-state index contributed by atoms with van der Waals surface area (Å²) in [5.41, 5.74) is 7.13. The van der Waals surface area contributed by atoms with Crippen molar-refractivity contribution in [3.63, 3.8) is 0 Å². The molecule has 0 aliphatic heterocycles. The van der Waals surface area contributed by atoms with Crippen molar-refractivity contribution >= 4 is 5.69 Å².